The van der Waals surface area contributed by atoms with Gasteiger partial charge in [-0.25, -0.2) is 0 Å². The molecule has 0 fully saturated rings. The van der Waals surface area contributed by atoms with Gasteiger partial charge in [0.2, 0.25) is 0 Å². The molecule has 1 aliphatic rings. The van der Waals surface area contributed by atoms with Gasteiger partial charge in [0, 0.05) is 18.0 Å². The lowest BCUT2D eigenvalue weighted by molar-refractivity contribution is 0.0879. The van der Waals surface area contributed by atoms with Crippen molar-refractivity contribution in [1.82, 2.24) is 4.90 Å². The van der Waals surface area contributed by atoms with Gasteiger partial charge >= 0.3 is 0 Å². The Kier molecular flexibility index (Phi) is 6.25. The van der Waals surface area contributed by atoms with Crippen molar-refractivity contribution in [2.24, 2.45) is 5.92 Å². The van der Waals surface area contributed by atoms with Crippen LogP contribution in [0.3, 0.4) is 0 Å². The summed E-state index contributed by atoms with van der Waals surface area (Å²) in [6, 6.07) is 5.54. The highest BCUT2D eigenvalue weighted by atomic mass is 16.6. The number of carbonyl (C=O) groups is 1. The molecule has 4 nitrogen and oxygen atoms in total. The summed E-state index contributed by atoms with van der Waals surface area (Å²) in [5.74, 6) is 1.68. The maximum absolute atomic E-state index is 12.8. The van der Waals surface area contributed by atoms with Crippen LogP contribution in [0.25, 0.3) is 0 Å². The number of nitrogens with zero attached hydrogens (tertiary/aromatic N) is 1. The van der Waals surface area contributed by atoms with Gasteiger partial charge in [-0.3, -0.25) is 4.79 Å². The molecular formula is C18H27NO3. The van der Waals surface area contributed by atoms with Crippen molar-refractivity contribution >= 4 is 5.78 Å². The molecule has 2 rings (SSSR count). The van der Waals surface area contributed by atoms with E-state index in [1.54, 1.807) is 0 Å². The molecule has 1 aliphatic heterocycles. The molecule has 1 unspecified atom stereocenters. The highest BCUT2D eigenvalue weighted by Gasteiger charge is 2.23. The molecule has 0 saturated carbocycles. The minimum atomic E-state index is 0.0455. The van der Waals surface area contributed by atoms with Crippen LogP contribution in [0.15, 0.2) is 18.2 Å². The molecule has 1 aromatic carbocycles. The lowest BCUT2D eigenvalue weighted by Gasteiger charge is -2.23. The van der Waals surface area contributed by atoms with Gasteiger partial charge in [0.05, 0.1) is 0 Å². The van der Waals surface area contributed by atoms with E-state index in [9.17, 15) is 4.79 Å². The highest BCUT2D eigenvalue weighted by Crippen LogP contribution is 2.31. The molecule has 0 amide bonds. The lowest BCUT2D eigenvalue weighted by atomic mass is 9.92. The van der Waals surface area contributed by atoms with Crippen LogP contribution in [-0.4, -0.2) is 44.0 Å². The van der Waals surface area contributed by atoms with Crippen molar-refractivity contribution < 1.29 is 14.3 Å². The predicted octanol–water partition coefficient (Wildman–Crippen LogP) is 3.40. The number of hydrogen-bond donors (Lipinski definition) is 0. The summed E-state index contributed by atoms with van der Waals surface area (Å²) in [6.45, 7) is 7.24. The zero-order valence-corrected chi connectivity index (χ0v) is 13.9. The van der Waals surface area contributed by atoms with Crippen LogP contribution in [0.1, 0.15) is 43.5 Å². The molecule has 122 valence electrons. The minimum Gasteiger partial charge on any atom is -0.486 e. The number of hydrogen-bond acceptors (Lipinski definition) is 4. The first-order chi connectivity index (χ1) is 10.7. The molecular weight excluding hydrogens is 278 g/mol. The maximum Gasteiger partial charge on any atom is 0.167 e. The van der Waals surface area contributed by atoms with Crippen molar-refractivity contribution in [2.75, 3.05) is 33.4 Å². The van der Waals surface area contributed by atoms with Crippen molar-refractivity contribution in [1.29, 1.82) is 0 Å². The number of ether oxygens (including phenoxy) is 2. The highest BCUT2D eigenvalue weighted by molar-refractivity contribution is 5.98. The van der Waals surface area contributed by atoms with E-state index in [1.807, 2.05) is 18.2 Å². The van der Waals surface area contributed by atoms with E-state index in [1.165, 1.54) is 0 Å². The Balaban J connectivity index is 2.12. The summed E-state index contributed by atoms with van der Waals surface area (Å²) in [5, 5.41) is 0. The first-order valence-electron chi connectivity index (χ1n) is 8.28. The van der Waals surface area contributed by atoms with Gasteiger partial charge in [-0.2, -0.15) is 0 Å². The maximum atomic E-state index is 12.8. The van der Waals surface area contributed by atoms with Gasteiger partial charge in [-0.1, -0.05) is 20.3 Å². The van der Waals surface area contributed by atoms with Crippen molar-refractivity contribution in [3.63, 3.8) is 0 Å². The summed E-state index contributed by atoms with van der Waals surface area (Å²) in [5.41, 5.74) is 0.729. The second-order valence-electron chi connectivity index (χ2n) is 5.97. The number of Topliss-reactive ketones (excluding diaryl/α,β-unsaturated/α-hetero) is 1. The third-order valence-corrected chi connectivity index (χ3v) is 3.97. The number of benzene rings is 1. The van der Waals surface area contributed by atoms with E-state index in [0.717, 1.165) is 43.7 Å². The molecule has 0 bridgehead atoms. The second-order valence-corrected chi connectivity index (χ2v) is 5.97. The average molecular weight is 305 g/mol. The van der Waals surface area contributed by atoms with Gasteiger partial charge < -0.3 is 14.4 Å². The van der Waals surface area contributed by atoms with E-state index in [2.05, 4.69) is 25.8 Å². The Labute approximate surface area is 133 Å². The van der Waals surface area contributed by atoms with E-state index in [-0.39, 0.29) is 11.7 Å². The number of rotatable bonds is 8. The fourth-order valence-corrected chi connectivity index (χ4v) is 2.94. The Morgan fingerprint density at radius 2 is 1.91 bits per heavy atom. The topological polar surface area (TPSA) is 38.8 Å². The average Bonchev–Trinajstić information content (AvgIpc) is 2.53. The van der Waals surface area contributed by atoms with E-state index in [4.69, 9.17) is 9.47 Å². The molecule has 0 aliphatic carbocycles. The quantitative estimate of drug-likeness (QED) is 0.690. The van der Waals surface area contributed by atoms with E-state index >= 15 is 0 Å². The Morgan fingerprint density at radius 3 is 2.59 bits per heavy atom. The molecule has 4 heteroatoms. The van der Waals surface area contributed by atoms with Crippen LogP contribution in [-0.2, 0) is 0 Å². The van der Waals surface area contributed by atoms with E-state index < -0.39 is 0 Å². The molecule has 1 heterocycles. The summed E-state index contributed by atoms with van der Waals surface area (Å²) in [6.07, 6.45) is 3.04. The van der Waals surface area contributed by atoms with Crippen LogP contribution in [0.5, 0.6) is 11.5 Å². The monoisotopic (exact) mass is 305 g/mol. The molecule has 0 N–H and O–H groups in total. The molecule has 1 atom stereocenters. The largest absolute Gasteiger partial charge is 0.486 e. The SMILES string of the molecule is CCCC(CN(C)CCC)C(=O)c1ccc2c(c1)OCCO2. The third-order valence-electron chi connectivity index (χ3n) is 3.97. The second kappa shape index (κ2) is 8.18. The number of fused-ring (bicyclic) bond motifs is 1. The summed E-state index contributed by atoms with van der Waals surface area (Å²) in [7, 11) is 2.09. The fraction of sp³-hybridized carbons (Fsp3) is 0.611. The smallest absolute Gasteiger partial charge is 0.167 e. The molecule has 1 aromatic rings. The zero-order chi connectivity index (χ0) is 15.9. The molecule has 0 radical (unpaired) electrons. The normalized spacial score (nSPS) is 14.9. The lowest BCUT2D eigenvalue weighted by Crippen LogP contribution is -2.31. The minimum absolute atomic E-state index is 0.0455. The van der Waals surface area contributed by atoms with Gasteiger partial charge in [-0.05, 0) is 44.6 Å². The van der Waals surface area contributed by atoms with Crippen molar-refractivity contribution in [2.45, 2.75) is 33.1 Å². The Hall–Kier alpha value is -1.55. The number of carbonyl (C=O) groups excluding carboxylic acids is 1. The summed E-state index contributed by atoms with van der Waals surface area (Å²) in [4.78, 5) is 15.1. The predicted molar refractivity (Wildman–Crippen MR) is 87.9 cm³/mol. The van der Waals surface area contributed by atoms with Crippen molar-refractivity contribution in [3.8, 4) is 11.5 Å². The van der Waals surface area contributed by atoms with Crippen LogP contribution < -0.4 is 9.47 Å². The Morgan fingerprint density at radius 1 is 1.18 bits per heavy atom. The summed E-state index contributed by atoms with van der Waals surface area (Å²) < 4.78 is 11.1. The third kappa shape index (κ3) is 4.23. The van der Waals surface area contributed by atoms with Crippen LogP contribution >= 0.6 is 0 Å². The summed E-state index contributed by atoms with van der Waals surface area (Å²) >= 11 is 0. The molecule has 0 saturated heterocycles. The van der Waals surface area contributed by atoms with Crippen molar-refractivity contribution in [3.05, 3.63) is 23.8 Å². The number of ketones is 1. The Bertz CT molecular complexity index is 501. The molecule has 0 spiro atoms. The molecule has 0 aromatic heterocycles. The zero-order valence-electron chi connectivity index (χ0n) is 13.9. The van der Waals surface area contributed by atoms with Gasteiger partial charge in [0.1, 0.15) is 13.2 Å². The van der Waals surface area contributed by atoms with Gasteiger partial charge in [0.15, 0.2) is 17.3 Å². The van der Waals surface area contributed by atoms with Crippen LogP contribution in [0.2, 0.25) is 0 Å². The van der Waals surface area contributed by atoms with Gasteiger partial charge in [0.25, 0.3) is 0 Å². The first-order valence-corrected chi connectivity index (χ1v) is 8.28. The first kappa shape index (κ1) is 16.8. The van der Waals surface area contributed by atoms with Gasteiger partial charge in [-0.15, -0.1) is 0 Å². The molecule has 22 heavy (non-hydrogen) atoms. The standard InChI is InChI=1S/C18H27NO3/c1-4-6-15(13-19(3)9-5-2)18(20)14-7-8-16-17(12-14)22-11-10-21-16/h7-8,12,15H,4-6,9-11,13H2,1-3H3. The van der Waals surface area contributed by atoms with Crippen LogP contribution in [0.4, 0.5) is 0 Å². The fourth-order valence-electron chi connectivity index (χ4n) is 2.94. The van der Waals surface area contributed by atoms with Crippen LogP contribution in [0, 0.1) is 5.92 Å². The van der Waals surface area contributed by atoms with E-state index in [0.29, 0.717) is 19.0 Å².